The first-order valence-electron chi connectivity index (χ1n) is 11.6. The Kier molecular flexibility index (Phi) is 5.35. The van der Waals surface area contributed by atoms with Gasteiger partial charge in [-0.2, -0.15) is 5.26 Å². The molecule has 5 rings (SSSR count). The predicted molar refractivity (Wildman–Crippen MR) is 120 cm³/mol. The number of carbonyl (C=O) groups is 3. The Hall–Kier alpha value is -3.34. The molecule has 3 aliphatic rings. The van der Waals surface area contributed by atoms with E-state index in [-0.39, 0.29) is 28.9 Å². The van der Waals surface area contributed by atoms with Crippen molar-refractivity contribution in [2.75, 3.05) is 13.7 Å². The van der Waals surface area contributed by atoms with Crippen LogP contribution >= 0.6 is 0 Å². The van der Waals surface area contributed by atoms with Crippen LogP contribution in [-0.4, -0.2) is 53.2 Å². The van der Waals surface area contributed by atoms with Crippen LogP contribution < -0.4 is 10.1 Å². The molecule has 2 saturated carbocycles. The first-order chi connectivity index (χ1) is 15.9. The number of hydrogen-bond acceptors (Lipinski definition) is 5. The number of ether oxygens (including phenoxy) is 1. The molecule has 3 atom stereocenters. The Labute approximate surface area is 192 Å². The number of Topliss-reactive ketones (excluding diaryl/α,β-unsaturated/α-hetero) is 1. The van der Waals surface area contributed by atoms with Crippen molar-refractivity contribution >= 4 is 28.5 Å². The molecule has 1 aliphatic heterocycles. The number of hydrogen-bond donors (Lipinski definition) is 2. The van der Waals surface area contributed by atoms with Gasteiger partial charge in [0.25, 0.3) is 5.91 Å². The maximum absolute atomic E-state index is 13.5. The van der Waals surface area contributed by atoms with E-state index in [0.717, 1.165) is 36.6 Å². The van der Waals surface area contributed by atoms with Crippen LogP contribution in [0.15, 0.2) is 24.3 Å². The number of nitrogens with zero attached hydrogens (tertiary/aromatic N) is 2. The number of likely N-dealkylation sites (tertiary alicyclic amines) is 1. The van der Waals surface area contributed by atoms with Gasteiger partial charge in [-0.15, -0.1) is 0 Å². The number of rotatable bonds is 6. The van der Waals surface area contributed by atoms with Gasteiger partial charge >= 0.3 is 0 Å². The average molecular weight is 449 g/mol. The van der Waals surface area contributed by atoms with E-state index in [1.165, 1.54) is 0 Å². The number of carbonyl (C=O) groups excluding carboxylic acids is 3. The fourth-order valence-electron chi connectivity index (χ4n) is 5.45. The molecule has 2 amide bonds. The zero-order chi connectivity index (χ0) is 23.2. The van der Waals surface area contributed by atoms with Crippen molar-refractivity contribution in [3.05, 3.63) is 30.0 Å². The minimum atomic E-state index is -0.727. The molecular weight excluding hydrogens is 420 g/mol. The maximum atomic E-state index is 13.5. The highest BCUT2D eigenvalue weighted by atomic mass is 16.5. The maximum Gasteiger partial charge on any atom is 0.271 e. The number of amides is 2. The van der Waals surface area contributed by atoms with Crippen molar-refractivity contribution in [3.63, 3.8) is 0 Å². The molecule has 1 spiro atoms. The number of nitrogens with one attached hydrogen (secondary N) is 2. The third kappa shape index (κ3) is 3.97. The van der Waals surface area contributed by atoms with Crippen LogP contribution in [0, 0.1) is 22.7 Å². The first kappa shape index (κ1) is 21.5. The van der Waals surface area contributed by atoms with Crippen LogP contribution in [0.1, 0.15) is 55.4 Å². The van der Waals surface area contributed by atoms with E-state index in [4.69, 9.17) is 4.74 Å². The number of aromatic nitrogens is 1. The molecule has 2 aromatic rings. The largest absolute Gasteiger partial charge is 0.496 e. The molecule has 172 valence electrons. The fourth-order valence-corrected chi connectivity index (χ4v) is 5.45. The van der Waals surface area contributed by atoms with Crippen molar-refractivity contribution in [1.29, 1.82) is 5.26 Å². The van der Waals surface area contributed by atoms with Crippen molar-refractivity contribution in [2.24, 2.45) is 11.3 Å². The summed E-state index contributed by atoms with van der Waals surface area (Å²) in [7, 11) is 1.59. The summed E-state index contributed by atoms with van der Waals surface area (Å²) in [6, 6.07) is 8.14. The molecule has 0 radical (unpaired) electrons. The average Bonchev–Trinajstić information content (AvgIpc) is 3.13. The van der Waals surface area contributed by atoms with E-state index in [9.17, 15) is 19.6 Å². The zero-order valence-corrected chi connectivity index (χ0v) is 18.7. The van der Waals surface area contributed by atoms with Crippen LogP contribution in [-0.2, 0) is 9.59 Å². The highest BCUT2D eigenvalue weighted by Gasteiger charge is 2.55. The lowest BCUT2D eigenvalue weighted by Crippen LogP contribution is -2.49. The zero-order valence-electron chi connectivity index (χ0n) is 18.7. The lowest BCUT2D eigenvalue weighted by molar-refractivity contribution is -0.126. The molecule has 1 saturated heterocycles. The third-order valence-corrected chi connectivity index (χ3v) is 7.53. The molecular formula is C25H28N4O4. The van der Waals surface area contributed by atoms with Gasteiger partial charge in [-0.25, -0.2) is 0 Å². The quantitative estimate of drug-likeness (QED) is 0.705. The standard InChI is InChI=1S/C25H28N4O4/c1-33-22-7-3-5-18-17(22)11-19(28-18)24(32)29-14-25(8-9-25)12-20(29)23(31)27-16(13-26)10-15-4-2-6-21(15)30/h3,5,7,11,15-16,20,28H,2,4,6,8-10,12,14H2,1H3,(H,27,31)/t15-,16-,20-/m0/s1. The number of methoxy groups -OCH3 is 1. The highest BCUT2D eigenvalue weighted by molar-refractivity contribution is 6.02. The highest BCUT2D eigenvalue weighted by Crippen LogP contribution is 2.55. The van der Waals surface area contributed by atoms with Crippen molar-refractivity contribution in [2.45, 2.75) is 57.0 Å². The van der Waals surface area contributed by atoms with Gasteiger partial charge in [0.2, 0.25) is 5.91 Å². The molecule has 2 aliphatic carbocycles. The molecule has 8 nitrogen and oxygen atoms in total. The second kappa shape index (κ2) is 8.22. The molecule has 0 bridgehead atoms. The summed E-state index contributed by atoms with van der Waals surface area (Å²) in [4.78, 5) is 43.5. The van der Waals surface area contributed by atoms with Crippen LogP contribution in [0.2, 0.25) is 0 Å². The van der Waals surface area contributed by atoms with Crippen LogP contribution in [0.4, 0.5) is 0 Å². The summed E-state index contributed by atoms with van der Waals surface area (Å²) in [6.07, 6.45) is 5.12. The van der Waals surface area contributed by atoms with Crippen LogP contribution in [0.5, 0.6) is 5.75 Å². The van der Waals surface area contributed by atoms with Gasteiger partial charge < -0.3 is 19.9 Å². The Morgan fingerprint density at radius 1 is 1.39 bits per heavy atom. The van der Waals surface area contributed by atoms with Crippen LogP contribution in [0.3, 0.4) is 0 Å². The van der Waals surface area contributed by atoms with Gasteiger partial charge in [0.05, 0.1) is 13.2 Å². The Morgan fingerprint density at radius 3 is 2.88 bits per heavy atom. The monoisotopic (exact) mass is 448 g/mol. The minimum absolute atomic E-state index is 0.00489. The van der Waals surface area contributed by atoms with Gasteiger partial charge in [-0.05, 0) is 62.1 Å². The topological polar surface area (TPSA) is 115 Å². The lowest BCUT2D eigenvalue weighted by atomic mass is 9.97. The van der Waals surface area contributed by atoms with Gasteiger partial charge in [0.1, 0.15) is 29.3 Å². The van der Waals surface area contributed by atoms with Gasteiger partial charge in [-0.3, -0.25) is 14.4 Å². The van der Waals surface area contributed by atoms with E-state index in [0.29, 0.717) is 37.3 Å². The molecule has 0 unspecified atom stereocenters. The first-order valence-corrected chi connectivity index (χ1v) is 11.6. The molecule has 33 heavy (non-hydrogen) atoms. The van der Waals surface area contributed by atoms with Gasteiger partial charge in [-0.1, -0.05) is 6.07 Å². The summed E-state index contributed by atoms with van der Waals surface area (Å²) >= 11 is 0. The smallest absolute Gasteiger partial charge is 0.271 e. The Bertz CT molecular complexity index is 1160. The number of ketones is 1. The summed E-state index contributed by atoms with van der Waals surface area (Å²) < 4.78 is 5.40. The van der Waals surface area contributed by atoms with E-state index < -0.39 is 12.1 Å². The van der Waals surface area contributed by atoms with Crippen molar-refractivity contribution in [3.8, 4) is 11.8 Å². The second-order valence-electron chi connectivity index (χ2n) is 9.74. The second-order valence-corrected chi connectivity index (χ2v) is 9.74. The predicted octanol–water partition coefficient (Wildman–Crippen LogP) is 2.94. The number of aromatic amines is 1. The van der Waals surface area contributed by atoms with Gasteiger partial charge in [0.15, 0.2) is 0 Å². The number of fused-ring (bicyclic) bond motifs is 1. The van der Waals surface area contributed by atoms with Crippen molar-refractivity contribution in [1.82, 2.24) is 15.2 Å². The number of H-pyrrole nitrogens is 1. The van der Waals surface area contributed by atoms with Gasteiger partial charge in [0, 0.05) is 29.8 Å². The summed E-state index contributed by atoms with van der Waals surface area (Å²) in [5, 5.41) is 13.2. The SMILES string of the molecule is COc1cccc2[nH]c(C(=O)N3CC4(CC4)C[C@H]3C(=O)N[C@H](C#N)C[C@@H]3CCCC3=O)cc12. The minimum Gasteiger partial charge on any atom is -0.496 e. The molecule has 2 heterocycles. The van der Waals surface area contributed by atoms with E-state index in [2.05, 4.69) is 16.4 Å². The van der Waals surface area contributed by atoms with E-state index >= 15 is 0 Å². The molecule has 1 aromatic heterocycles. The normalized spacial score (nSPS) is 24.1. The lowest BCUT2D eigenvalue weighted by Gasteiger charge is -2.25. The molecule has 8 heteroatoms. The molecule has 2 N–H and O–H groups in total. The number of nitriles is 1. The third-order valence-electron chi connectivity index (χ3n) is 7.53. The Balaban J connectivity index is 1.34. The Morgan fingerprint density at radius 2 is 2.21 bits per heavy atom. The van der Waals surface area contributed by atoms with E-state index in [1.807, 2.05) is 18.2 Å². The summed E-state index contributed by atoms with van der Waals surface area (Å²) in [5.74, 6) is 0.158. The van der Waals surface area contributed by atoms with Crippen LogP contribution in [0.25, 0.3) is 10.9 Å². The summed E-state index contributed by atoms with van der Waals surface area (Å²) in [5.41, 5.74) is 1.22. The fraction of sp³-hybridized carbons (Fsp3) is 0.520. The molecule has 1 aromatic carbocycles. The summed E-state index contributed by atoms with van der Waals surface area (Å²) in [6.45, 7) is 0.536. The number of benzene rings is 1. The van der Waals surface area contributed by atoms with E-state index in [1.54, 1.807) is 18.1 Å². The molecule has 3 fully saturated rings. The van der Waals surface area contributed by atoms with Crippen molar-refractivity contribution < 1.29 is 19.1 Å².